The lowest BCUT2D eigenvalue weighted by atomic mass is 10.1. The predicted molar refractivity (Wildman–Crippen MR) is 103 cm³/mol. The minimum Gasteiger partial charge on any atom is -0.321 e. The number of anilines is 1. The Kier molecular flexibility index (Phi) is 5.50. The molecular weight excluding hydrogens is 383 g/mol. The van der Waals surface area contributed by atoms with Gasteiger partial charge in [0.15, 0.2) is 0 Å². The fraction of sp³-hybridized carbons (Fsp3) is 0.350. The molecule has 1 aromatic carbocycles. The normalized spacial score (nSPS) is 12.8. The maximum atomic E-state index is 12.9. The van der Waals surface area contributed by atoms with Gasteiger partial charge in [-0.2, -0.15) is 23.4 Å². The molecule has 0 aliphatic carbocycles. The van der Waals surface area contributed by atoms with Crippen LogP contribution in [0.1, 0.15) is 41.0 Å². The first kappa shape index (κ1) is 20.6. The molecule has 1 N–H and O–H groups in total. The number of rotatable bonds is 5. The van der Waals surface area contributed by atoms with Crippen LogP contribution in [0.4, 0.5) is 18.9 Å². The molecule has 3 rings (SSSR count). The van der Waals surface area contributed by atoms with Crippen LogP contribution >= 0.6 is 0 Å². The highest BCUT2D eigenvalue weighted by atomic mass is 19.4. The van der Waals surface area contributed by atoms with Crippen LogP contribution in [0, 0.1) is 20.8 Å². The van der Waals surface area contributed by atoms with Crippen molar-refractivity contribution < 1.29 is 18.0 Å². The lowest BCUT2D eigenvalue weighted by molar-refractivity contribution is -0.137. The van der Waals surface area contributed by atoms with Gasteiger partial charge in [0.2, 0.25) is 5.91 Å². The Morgan fingerprint density at radius 1 is 1.24 bits per heavy atom. The van der Waals surface area contributed by atoms with Crippen molar-refractivity contribution >= 4 is 11.6 Å². The fourth-order valence-corrected chi connectivity index (χ4v) is 3.04. The molecule has 0 spiro atoms. The third-order valence-electron chi connectivity index (χ3n) is 4.72. The van der Waals surface area contributed by atoms with E-state index < -0.39 is 17.8 Å². The van der Waals surface area contributed by atoms with Gasteiger partial charge in [0.05, 0.1) is 35.4 Å². The van der Waals surface area contributed by atoms with Crippen molar-refractivity contribution in [3.05, 3.63) is 64.7 Å². The molecule has 0 bridgehead atoms. The lowest BCUT2D eigenvalue weighted by Gasteiger charge is -2.13. The quantitative estimate of drug-likeness (QED) is 0.689. The van der Waals surface area contributed by atoms with E-state index in [4.69, 9.17) is 0 Å². The second kappa shape index (κ2) is 7.73. The first-order valence-corrected chi connectivity index (χ1v) is 9.08. The van der Waals surface area contributed by atoms with Crippen LogP contribution in [0.15, 0.2) is 36.7 Å². The topological polar surface area (TPSA) is 64.7 Å². The van der Waals surface area contributed by atoms with E-state index in [0.29, 0.717) is 22.6 Å². The second-order valence-electron chi connectivity index (χ2n) is 7.06. The SMILES string of the molecule is Cc1cnn(C(C)C(=O)Nc2c(C)nn(Cc3cccc(C(F)(F)F)c3)c2C)c1. The molecular formula is C20H22F3N5O. The molecule has 0 fully saturated rings. The molecule has 1 amide bonds. The summed E-state index contributed by atoms with van der Waals surface area (Å²) in [5.74, 6) is -0.252. The molecule has 29 heavy (non-hydrogen) atoms. The first-order chi connectivity index (χ1) is 13.6. The molecule has 0 aliphatic rings. The monoisotopic (exact) mass is 405 g/mol. The zero-order valence-electron chi connectivity index (χ0n) is 16.6. The first-order valence-electron chi connectivity index (χ1n) is 9.08. The van der Waals surface area contributed by atoms with Gasteiger partial charge in [-0.3, -0.25) is 14.2 Å². The van der Waals surface area contributed by atoms with Gasteiger partial charge in [-0.05, 0) is 51.0 Å². The maximum absolute atomic E-state index is 12.9. The van der Waals surface area contributed by atoms with Crippen molar-refractivity contribution in [2.24, 2.45) is 0 Å². The highest BCUT2D eigenvalue weighted by Gasteiger charge is 2.30. The number of hydrogen-bond donors (Lipinski definition) is 1. The Balaban J connectivity index is 1.79. The Labute approximate surface area is 166 Å². The number of benzene rings is 1. The van der Waals surface area contributed by atoms with Crippen molar-refractivity contribution in [2.45, 2.75) is 46.5 Å². The molecule has 0 radical (unpaired) electrons. The zero-order chi connectivity index (χ0) is 21.3. The van der Waals surface area contributed by atoms with Crippen LogP contribution in [0.25, 0.3) is 0 Å². The number of halogens is 3. The average molecular weight is 405 g/mol. The third-order valence-corrected chi connectivity index (χ3v) is 4.72. The van der Waals surface area contributed by atoms with Gasteiger partial charge in [-0.25, -0.2) is 0 Å². The zero-order valence-corrected chi connectivity index (χ0v) is 16.6. The number of aromatic nitrogens is 4. The van der Waals surface area contributed by atoms with Gasteiger partial charge in [0, 0.05) is 6.20 Å². The molecule has 1 atom stereocenters. The molecule has 2 heterocycles. The average Bonchev–Trinajstić information content (AvgIpc) is 3.19. The highest BCUT2D eigenvalue weighted by Crippen LogP contribution is 2.30. The summed E-state index contributed by atoms with van der Waals surface area (Å²) in [5.41, 5.74) is 2.53. The Hall–Kier alpha value is -3.10. The molecule has 1 unspecified atom stereocenters. The van der Waals surface area contributed by atoms with Crippen molar-refractivity contribution in [3.63, 3.8) is 0 Å². The fourth-order valence-electron chi connectivity index (χ4n) is 3.04. The van der Waals surface area contributed by atoms with Gasteiger partial charge in [0.1, 0.15) is 6.04 Å². The Bertz CT molecular complexity index is 1040. The van der Waals surface area contributed by atoms with E-state index in [2.05, 4.69) is 15.5 Å². The van der Waals surface area contributed by atoms with E-state index in [9.17, 15) is 18.0 Å². The van der Waals surface area contributed by atoms with Crippen LogP contribution in [-0.4, -0.2) is 25.5 Å². The third kappa shape index (κ3) is 4.49. The summed E-state index contributed by atoms with van der Waals surface area (Å²) >= 11 is 0. The van der Waals surface area contributed by atoms with E-state index in [1.54, 1.807) is 48.6 Å². The number of carbonyl (C=O) groups is 1. The molecule has 2 aromatic heterocycles. The molecule has 6 nitrogen and oxygen atoms in total. The summed E-state index contributed by atoms with van der Waals surface area (Å²) in [5, 5.41) is 11.4. The van der Waals surface area contributed by atoms with Gasteiger partial charge in [0.25, 0.3) is 0 Å². The molecule has 0 saturated carbocycles. The van der Waals surface area contributed by atoms with E-state index in [1.807, 2.05) is 6.92 Å². The van der Waals surface area contributed by atoms with Crippen molar-refractivity contribution in [3.8, 4) is 0 Å². The van der Waals surface area contributed by atoms with Crippen molar-refractivity contribution in [1.82, 2.24) is 19.6 Å². The van der Waals surface area contributed by atoms with Crippen LogP contribution < -0.4 is 5.32 Å². The summed E-state index contributed by atoms with van der Waals surface area (Å²) in [6.45, 7) is 7.31. The van der Waals surface area contributed by atoms with E-state index >= 15 is 0 Å². The number of nitrogens with one attached hydrogen (secondary N) is 1. The molecule has 0 aliphatic heterocycles. The summed E-state index contributed by atoms with van der Waals surface area (Å²) in [4.78, 5) is 12.6. The van der Waals surface area contributed by atoms with Crippen molar-refractivity contribution in [1.29, 1.82) is 0 Å². The standard InChI is InChI=1S/C20H22F3N5O/c1-12-9-24-27(10-12)15(4)19(29)25-18-13(2)26-28(14(18)3)11-16-6-5-7-17(8-16)20(21,22)23/h5-10,15H,11H2,1-4H3,(H,25,29). The molecule has 9 heteroatoms. The number of hydrogen-bond acceptors (Lipinski definition) is 3. The minimum atomic E-state index is -4.40. The number of alkyl halides is 3. The van der Waals surface area contributed by atoms with Crippen LogP contribution in [0.2, 0.25) is 0 Å². The summed E-state index contributed by atoms with van der Waals surface area (Å²) in [7, 11) is 0. The maximum Gasteiger partial charge on any atom is 0.416 e. The van der Waals surface area contributed by atoms with Crippen LogP contribution in [0.5, 0.6) is 0 Å². The predicted octanol–water partition coefficient (Wildman–Crippen LogP) is 4.27. The molecule has 3 aromatic rings. The molecule has 0 saturated heterocycles. The van der Waals surface area contributed by atoms with Gasteiger partial charge >= 0.3 is 6.18 Å². The Morgan fingerprint density at radius 2 is 1.97 bits per heavy atom. The van der Waals surface area contributed by atoms with E-state index in [1.165, 1.54) is 6.07 Å². The number of aryl methyl sites for hydroxylation is 2. The van der Waals surface area contributed by atoms with E-state index in [0.717, 1.165) is 17.7 Å². The van der Waals surface area contributed by atoms with Gasteiger partial charge < -0.3 is 5.32 Å². The van der Waals surface area contributed by atoms with Crippen LogP contribution in [0.3, 0.4) is 0 Å². The highest BCUT2D eigenvalue weighted by molar-refractivity contribution is 5.94. The van der Waals surface area contributed by atoms with Gasteiger partial charge in [-0.15, -0.1) is 0 Å². The molecule has 154 valence electrons. The Morgan fingerprint density at radius 3 is 2.59 bits per heavy atom. The number of carbonyl (C=O) groups excluding carboxylic acids is 1. The second-order valence-corrected chi connectivity index (χ2v) is 7.06. The number of nitrogens with zero attached hydrogens (tertiary/aromatic N) is 4. The summed E-state index contributed by atoms with van der Waals surface area (Å²) in [6.07, 6.45) is -0.945. The summed E-state index contributed by atoms with van der Waals surface area (Å²) in [6, 6.07) is 4.62. The van der Waals surface area contributed by atoms with Gasteiger partial charge in [-0.1, -0.05) is 12.1 Å². The van der Waals surface area contributed by atoms with Crippen molar-refractivity contribution in [2.75, 3.05) is 5.32 Å². The van der Waals surface area contributed by atoms with E-state index in [-0.39, 0.29) is 12.5 Å². The largest absolute Gasteiger partial charge is 0.416 e. The minimum absolute atomic E-state index is 0.167. The number of amides is 1. The van der Waals surface area contributed by atoms with Crippen LogP contribution in [-0.2, 0) is 17.5 Å². The summed E-state index contributed by atoms with van der Waals surface area (Å²) < 4.78 is 42.0. The smallest absolute Gasteiger partial charge is 0.321 e. The lowest BCUT2D eigenvalue weighted by Crippen LogP contribution is -2.24.